The molecule has 2 N–H and O–H groups in total. The van der Waals surface area contributed by atoms with E-state index < -0.39 is 6.10 Å². The molecule has 0 bridgehead atoms. The molecule has 0 radical (unpaired) electrons. The van der Waals surface area contributed by atoms with Crippen LogP contribution in [0.2, 0.25) is 0 Å². The van der Waals surface area contributed by atoms with Crippen LogP contribution in [0.4, 0.5) is 0 Å². The minimum absolute atomic E-state index is 0.378. The van der Waals surface area contributed by atoms with Crippen LogP contribution in [0.25, 0.3) is 0 Å². The molecular formula is C7H10N6O. The standard InChI is InChI=1S/C7H10N6O/c1-13-3-5(10-12-13)2-6(14)7-8-4-9-11-7/h3-4,6,14H,2H2,1H3,(H,8,9,11). The molecule has 14 heavy (non-hydrogen) atoms. The highest BCUT2D eigenvalue weighted by atomic mass is 16.3. The number of aromatic amines is 1. The zero-order chi connectivity index (χ0) is 9.97. The van der Waals surface area contributed by atoms with Crippen molar-refractivity contribution in [3.8, 4) is 0 Å². The summed E-state index contributed by atoms with van der Waals surface area (Å²) in [7, 11) is 1.78. The first kappa shape index (κ1) is 8.82. The number of rotatable bonds is 3. The van der Waals surface area contributed by atoms with Crippen molar-refractivity contribution in [3.05, 3.63) is 24.0 Å². The van der Waals surface area contributed by atoms with Crippen molar-refractivity contribution in [2.24, 2.45) is 7.05 Å². The third kappa shape index (κ3) is 1.77. The minimum atomic E-state index is -0.714. The predicted molar refractivity (Wildman–Crippen MR) is 46.0 cm³/mol. The molecule has 0 amide bonds. The number of hydrogen-bond donors (Lipinski definition) is 2. The van der Waals surface area contributed by atoms with Crippen LogP contribution in [-0.2, 0) is 13.5 Å². The summed E-state index contributed by atoms with van der Waals surface area (Å²) in [6.07, 6.45) is 2.77. The molecule has 2 aromatic rings. The van der Waals surface area contributed by atoms with Crippen LogP contribution in [-0.4, -0.2) is 35.3 Å². The number of nitrogens with one attached hydrogen (secondary N) is 1. The summed E-state index contributed by atoms with van der Waals surface area (Å²) in [5.41, 5.74) is 0.719. The number of aryl methyl sites for hydroxylation is 1. The van der Waals surface area contributed by atoms with Gasteiger partial charge in [0.1, 0.15) is 12.4 Å². The van der Waals surface area contributed by atoms with Gasteiger partial charge in [-0.3, -0.25) is 9.78 Å². The van der Waals surface area contributed by atoms with Gasteiger partial charge in [0.25, 0.3) is 0 Å². The molecule has 0 aromatic carbocycles. The molecule has 74 valence electrons. The largest absolute Gasteiger partial charge is 0.385 e. The van der Waals surface area contributed by atoms with E-state index >= 15 is 0 Å². The van der Waals surface area contributed by atoms with E-state index in [-0.39, 0.29) is 0 Å². The van der Waals surface area contributed by atoms with E-state index in [1.54, 1.807) is 17.9 Å². The van der Waals surface area contributed by atoms with Crippen LogP contribution in [0.5, 0.6) is 0 Å². The number of aliphatic hydroxyl groups excluding tert-OH is 1. The van der Waals surface area contributed by atoms with E-state index in [4.69, 9.17) is 0 Å². The lowest BCUT2D eigenvalue weighted by Gasteiger charge is -2.02. The Bertz CT molecular complexity index is 394. The number of H-pyrrole nitrogens is 1. The summed E-state index contributed by atoms with van der Waals surface area (Å²) in [5.74, 6) is 0.440. The van der Waals surface area contributed by atoms with Gasteiger partial charge in [-0.1, -0.05) is 5.21 Å². The lowest BCUT2D eigenvalue weighted by Crippen LogP contribution is -2.04. The molecule has 7 nitrogen and oxygen atoms in total. The summed E-state index contributed by atoms with van der Waals surface area (Å²) in [6, 6.07) is 0. The summed E-state index contributed by atoms with van der Waals surface area (Å²) in [6.45, 7) is 0. The maximum atomic E-state index is 9.66. The van der Waals surface area contributed by atoms with E-state index in [2.05, 4.69) is 25.5 Å². The first-order chi connectivity index (χ1) is 6.75. The number of nitrogens with zero attached hydrogens (tertiary/aromatic N) is 5. The zero-order valence-electron chi connectivity index (χ0n) is 7.62. The number of aromatic nitrogens is 6. The lowest BCUT2D eigenvalue weighted by molar-refractivity contribution is 0.167. The van der Waals surface area contributed by atoms with Crippen LogP contribution in [0.3, 0.4) is 0 Å². The Kier molecular flexibility index (Phi) is 2.23. The molecule has 0 spiro atoms. The van der Waals surface area contributed by atoms with E-state index in [1.165, 1.54) is 6.33 Å². The molecule has 2 heterocycles. The fourth-order valence-corrected chi connectivity index (χ4v) is 1.16. The van der Waals surface area contributed by atoms with Gasteiger partial charge in [-0.25, -0.2) is 4.98 Å². The quantitative estimate of drug-likeness (QED) is 0.668. The Morgan fingerprint density at radius 3 is 3.07 bits per heavy atom. The normalized spacial score (nSPS) is 13.0. The van der Waals surface area contributed by atoms with Crippen LogP contribution >= 0.6 is 0 Å². The van der Waals surface area contributed by atoms with E-state index in [0.29, 0.717) is 12.2 Å². The van der Waals surface area contributed by atoms with Crippen molar-refractivity contribution in [1.82, 2.24) is 30.2 Å². The van der Waals surface area contributed by atoms with Gasteiger partial charge in [0.2, 0.25) is 0 Å². The van der Waals surface area contributed by atoms with Crippen LogP contribution in [0, 0.1) is 0 Å². The van der Waals surface area contributed by atoms with Crippen molar-refractivity contribution in [2.75, 3.05) is 0 Å². The van der Waals surface area contributed by atoms with Gasteiger partial charge in [-0.2, -0.15) is 5.10 Å². The molecule has 2 aromatic heterocycles. The van der Waals surface area contributed by atoms with Gasteiger partial charge in [0.05, 0.1) is 5.69 Å². The first-order valence-corrected chi connectivity index (χ1v) is 4.14. The van der Waals surface area contributed by atoms with Crippen molar-refractivity contribution in [1.29, 1.82) is 0 Å². The second-order valence-electron chi connectivity index (χ2n) is 2.97. The summed E-state index contributed by atoms with van der Waals surface area (Å²) < 4.78 is 1.59. The van der Waals surface area contributed by atoms with E-state index in [1.807, 2.05) is 0 Å². The Morgan fingerprint density at radius 1 is 1.64 bits per heavy atom. The van der Waals surface area contributed by atoms with Crippen LogP contribution < -0.4 is 0 Å². The van der Waals surface area contributed by atoms with E-state index in [0.717, 1.165) is 5.69 Å². The summed E-state index contributed by atoms with van der Waals surface area (Å²) >= 11 is 0. The van der Waals surface area contributed by atoms with Gasteiger partial charge in [-0.05, 0) is 0 Å². The summed E-state index contributed by atoms with van der Waals surface area (Å²) in [4.78, 5) is 3.85. The molecule has 1 unspecified atom stereocenters. The Morgan fingerprint density at radius 2 is 2.50 bits per heavy atom. The number of hydrogen-bond acceptors (Lipinski definition) is 5. The number of aliphatic hydroxyl groups is 1. The van der Waals surface area contributed by atoms with Crippen LogP contribution in [0.15, 0.2) is 12.5 Å². The Labute approximate surface area is 79.8 Å². The average Bonchev–Trinajstić information content (AvgIpc) is 2.75. The molecule has 0 fully saturated rings. The van der Waals surface area contributed by atoms with Gasteiger partial charge >= 0.3 is 0 Å². The van der Waals surface area contributed by atoms with Gasteiger partial charge in [-0.15, -0.1) is 5.10 Å². The van der Waals surface area contributed by atoms with Crippen LogP contribution in [0.1, 0.15) is 17.6 Å². The van der Waals surface area contributed by atoms with Crippen molar-refractivity contribution in [3.63, 3.8) is 0 Å². The predicted octanol–water partition coefficient (Wildman–Crippen LogP) is -0.791. The highest BCUT2D eigenvalue weighted by Gasteiger charge is 2.12. The second-order valence-corrected chi connectivity index (χ2v) is 2.97. The van der Waals surface area contributed by atoms with Crippen molar-refractivity contribution in [2.45, 2.75) is 12.5 Å². The van der Waals surface area contributed by atoms with E-state index in [9.17, 15) is 5.11 Å². The molecule has 0 aliphatic heterocycles. The zero-order valence-corrected chi connectivity index (χ0v) is 7.62. The monoisotopic (exact) mass is 194 g/mol. The third-order valence-corrected chi connectivity index (χ3v) is 1.80. The summed E-state index contributed by atoms with van der Waals surface area (Å²) in [5, 5.41) is 23.5. The fourth-order valence-electron chi connectivity index (χ4n) is 1.16. The topological polar surface area (TPSA) is 92.5 Å². The minimum Gasteiger partial charge on any atom is -0.385 e. The maximum Gasteiger partial charge on any atom is 0.153 e. The van der Waals surface area contributed by atoms with Gasteiger partial charge < -0.3 is 5.11 Å². The lowest BCUT2D eigenvalue weighted by atomic mass is 10.2. The molecule has 0 aliphatic carbocycles. The Balaban J connectivity index is 2.05. The highest BCUT2D eigenvalue weighted by molar-refractivity contribution is 4.99. The van der Waals surface area contributed by atoms with Gasteiger partial charge in [0, 0.05) is 19.7 Å². The SMILES string of the molecule is Cn1cc(CC(O)c2ncn[nH]2)nn1. The molecule has 0 aliphatic rings. The third-order valence-electron chi connectivity index (χ3n) is 1.80. The first-order valence-electron chi connectivity index (χ1n) is 4.14. The average molecular weight is 194 g/mol. The van der Waals surface area contributed by atoms with Gasteiger partial charge in [0.15, 0.2) is 5.82 Å². The Hall–Kier alpha value is -1.76. The molecule has 1 atom stereocenters. The van der Waals surface area contributed by atoms with Crippen molar-refractivity contribution >= 4 is 0 Å². The fraction of sp³-hybridized carbons (Fsp3) is 0.429. The second kappa shape index (κ2) is 3.54. The molecular weight excluding hydrogens is 184 g/mol. The van der Waals surface area contributed by atoms with Crippen molar-refractivity contribution < 1.29 is 5.11 Å². The maximum absolute atomic E-state index is 9.66. The molecule has 0 saturated heterocycles. The smallest absolute Gasteiger partial charge is 0.153 e. The molecule has 2 rings (SSSR count). The molecule has 0 saturated carbocycles. The highest BCUT2D eigenvalue weighted by Crippen LogP contribution is 2.11. The molecule has 7 heteroatoms.